The number of nitrogens with one attached hydrogen (secondary N) is 3. The van der Waals surface area contributed by atoms with Crippen LogP contribution >= 0.6 is 0 Å². The van der Waals surface area contributed by atoms with Crippen molar-refractivity contribution in [2.45, 2.75) is 38.9 Å². The van der Waals surface area contributed by atoms with E-state index in [2.05, 4.69) is 16.1 Å². The van der Waals surface area contributed by atoms with Crippen molar-refractivity contribution in [2.75, 3.05) is 5.43 Å². The van der Waals surface area contributed by atoms with E-state index in [-0.39, 0.29) is 12.1 Å². The highest BCUT2D eigenvalue weighted by atomic mass is 19.1. The van der Waals surface area contributed by atoms with E-state index in [4.69, 9.17) is 0 Å². The molecule has 1 aliphatic rings. The van der Waals surface area contributed by atoms with E-state index in [0.717, 1.165) is 10.9 Å². The van der Waals surface area contributed by atoms with Crippen LogP contribution in [0.15, 0.2) is 35.3 Å². The smallest absolute Gasteiger partial charge is 0.274 e. The maximum atomic E-state index is 13.8. The number of hydrogen-bond acceptors (Lipinski definition) is 5. The van der Waals surface area contributed by atoms with Gasteiger partial charge in [-0.05, 0) is 13.3 Å². The fourth-order valence-electron chi connectivity index (χ4n) is 3.16. The average molecular weight is 450 g/mol. The summed E-state index contributed by atoms with van der Waals surface area (Å²) in [5, 5.41) is 15.2. The molecule has 0 radical (unpaired) electrons. The molecule has 1 aromatic heterocycles. The predicted octanol–water partition coefficient (Wildman–Crippen LogP) is 1.91. The van der Waals surface area contributed by atoms with Gasteiger partial charge < -0.3 is 21.2 Å². The van der Waals surface area contributed by atoms with Crippen LogP contribution in [0.3, 0.4) is 0 Å². The van der Waals surface area contributed by atoms with Crippen LogP contribution in [0.5, 0.6) is 5.75 Å². The van der Waals surface area contributed by atoms with E-state index in [0.29, 0.717) is 18.6 Å². The Morgan fingerprint density at radius 1 is 1.19 bits per heavy atom. The van der Waals surface area contributed by atoms with Crippen LogP contribution in [0.1, 0.15) is 46.7 Å². The number of benzene rings is 1. The van der Waals surface area contributed by atoms with Crippen LogP contribution in [0.2, 0.25) is 0 Å². The summed E-state index contributed by atoms with van der Waals surface area (Å²) in [7, 11) is 0. The third-order valence-electron chi connectivity index (χ3n) is 4.91. The molecule has 11 heteroatoms. The molecule has 0 bridgehead atoms. The van der Waals surface area contributed by atoms with Crippen LogP contribution in [0.25, 0.3) is 0 Å². The molecule has 170 valence electrons. The molecule has 2 atom stereocenters. The van der Waals surface area contributed by atoms with Crippen molar-refractivity contribution in [3.8, 4) is 5.75 Å². The summed E-state index contributed by atoms with van der Waals surface area (Å²) in [5.41, 5.74) is 0.226. The number of hydrogen-bond donors (Lipinski definition) is 4. The molecule has 0 saturated heterocycles. The van der Waals surface area contributed by atoms with Crippen molar-refractivity contribution >= 4 is 11.8 Å². The minimum atomic E-state index is -1.21. The van der Waals surface area contributed by atoms with E-state index in [9.17, 15) is 32.7 Å². The number of carbonyl (C=O) groups excluding carboxylic acids is 2. The number of pyridine rings is 1. The maximum Gasteiger partial charge on any atom is 0.274 e. The molecule has 1 aliphatic heterocycles. The van der Waals surface area contributed by atoms with Crippen molar-refractivity contribution < 1.29 is 27.9 Å². The monoisotopic (exact) mass is 450 g/mol. The Labute approximate surface area is 180 Å². The summed E-state index contributed by atoms with van der Waals surface area (Å²) >= 11 is 0. The van der Waals surface area contributed by atoms with Gasteiger partial charge in [0.05, 0.1) is 6.04 Å². The molecule has 2 unspecified atom stereocenters. The second-order valence-corrected chi connectivity index (χ2v) is 7.26. The third kappa shape index (κ3) is 4.61. The molecule has 0 spiro atoms. The summed E-state index contributed by atoms with van der Waals surface area (Å²) in [5.74, 6) is -6.30. The minimum Gasteiger partial charge on any atom is -0.502 e. The fraction of sp³-hybridized carbons (Fsp3) is 0.286. The molecule has 2 aromatic rings. The quantitative estimate of drug-likeness (QED) is 0.532. The summed E-state index contributed by atoms with van der Waals surface area (Å²) in [4.78, 5) is 37.7. The van der Waals surface area contributed by atoms with Crippen molar-refractivity contribution in [1.82, 2.24) is 15.3 Å². The topological polar surface area (TPSA) is 112 Å². The predicted molar refractivity (Wildman–Crippen MR) is 109 cm³/mol. The Morgan fingerprint density at radius 3 is 2.47 bits per heavy atom. The van der Waals surface area contributed by atoms with Gasteiger partial charge in [0.2, 0.25) is 5.43 Å². The average Bonchev–Trinajstić information content (AvgIpc) is 2.77. The molecular formula is C21H21F3N4O4. The van der Waals surface area contributed by atoms with Gasteiger partial charge in [-0.3, -0.25) is 19.1 Å². The number of aromatic hydroxyl groups is 1. The molecule has 0 aliphatic carbocycles. The molecule has 1 aromatic carbocycles. The van der Waals surface area contributed by atoms with Gasteiger partial charge in [0.25, 0.3) is 11.8 Å². The highest BCUT2D eigenvalue weighted by Gasteiger charge is 2.26. The van der Waals surface area contributed by atoms with Gasteiger partial charge in [0, 0.05) is 36.5 Å². The molecular weight excluding hydrogens is 429 g/mol. The van der Waals surface area contributed by atoms with Crippen LogP contribution in [0, 0.1) is 17.5 Å². The van der Waals surface area contributed by atoms with Gasteiger partial charge in [0.1, 0.15) is 23.0 Å². The molecule has 0 fully saturated rings. The SMILES string of the molecule is CCC1/C=C\C(C)NC(=O)c2c(O)c(=O)c(C(=O)NCc3c(F)cc(F)cc3F)cn2N1. The molecule has 8 nitrogen and oxygen atoms in total. The first kappa shape index (κ1) is 22.9. The van der Waals surface area contributed by atoms with Gasteiger partial charge in [-0.25, -0.2) is 13.2 Å². The zero-order valence-corrected chi connectivity index (χ0v) is 17.2. The lowest BCUT2D eigenvalue weighted by Gasteiger charge is -2.21. The standard InChI is InChI=1S/C21H21F3N4O4/c1-3-12-5-4-10(2)26-21(32)17-19(30)18(29)14(9-28(17)27-12)20(31)25-8-13-15(23)6-11(22)7-16(13)24/h4-7,9-10,12,27,30H,3,8H2,1-2H3,(H,25,31)(H,26,32)/b5-4-. The van der Waals surface area contributed by atoms with Gasteiger partial charge in [0.15, 0.2) is 11.4 Å². The van der Waals surface area contributed by atoms with Crippen LogP contribution < -0.4 is 21.5 Å². The first-order valence-electron chi connectivity index (χ1n) is 9.78. The number of nitrogens with zero attached hydrogens (tertiary/aromatic N) is 1. The molecule has 2 heterocycles. The molecule has 32 heavy (non-hydrogen) atoms. The van der Waals surface area contributed by atoms with Crippen molar-refractivity contribution in [2.24, 2.45) is 0 Å². The largest absolute Gasteiger partial charge is 0.502 e. The van der Waals surface area contributed by atoms with E-state index >= 15 is 0 Å². The Bertz CT molecular complexity index is 1140. The zero-order valence-electron chi connectivity index (χ0n) is 17.2. The zero-order chi connectivity index (χ0) is 23.6. The van der Waals surface area contributed by atoms with Gasteiger partial charge in [-0.1, -0.05) is 19.1 Å². The van der Waals surface area contributed by atoms with Crippen LogP contribution in [-0.4, -0.2) is 33.7 Å². The summed E-state index contributed by atoms with van der Waals surface area (Å²) in [6.07, 6.45) is 5.12. The Balaban J connectivity index is 1.97. The van der Waals surface area contributed by atoms with Gasteiger partial charge >= 0.3 is 0 Å². The molecule has 4 N–H and O–H groups in total. The molecule has 3 rings (SSSR count). The summed E-state index contributed by atoms with van der Waals surface area (Å²) < 4.78 is 41.7. The summed E-state index contributed by atoms with van der Waals surface area (Å²) in [6.45, 7) is 2.90. The van der Waals surface area contributed by atoms with Crippen molar-refractivity contribution in [3.63, 3.8) is 0 Å². The van der Waals surface area contributed by atoms with Gasteiger partial charge in [-0.2, -0.15) is 0 Å². The second kappa shape index (κ2) is 9.16. The number of fused-ring (bicyclic) bond motifs is 1. The number of amides is 2. The Kier molecular flexibility index (Phi) is 6.56. The van der Waals surface area contributed by atoms with Crippen LogP contribution in [-0.2, 0) is 6.54 Å². The van der Waals surface area contributed by atoms with E-state index in [1.54, 1.807) is 19.1 Å². The Hall–Kier alpha value is -3.76. The first-order valence-corrected chi connectivity index (χ1v) is 9.78. The Morgan fingerprint density at radius 2 is 1.84 bits per heavy atom. The van der Waals surface area contributed by atoms with Crippen molar-refractivity contribution in [1.29, 1.82) is 0 Å². The highest BCUT2D eigenvalue weighted by molar-refractivity contribution is 5.98. The van der Waals surface area contributed by atoms with Gasteiger partial charge in [-0.15, -0.1) is 0 Å². The van der Waals surface area contributed by atoms with E-state index in [1.807, 2.05) is 6.92 Å². The lowest BCUT2D eigenvalue weighted by molar-refractivity contribution is 0.0924. The first-order chi connectivity index (χ1) is 15.1. The minimum absolute atomic E-state index is 0.302. The van der Waals surface area contributed by atoms with Crippen molar-refractivity contribution in [3.05, 3.63) is 75.0 Å². The number of carbonyl (C=O) groups is 2. The highest BCUT2D eigenvalue weighted by Crippen LogP contribution is 2.17. The number of halogens is 3. The normalized spacial score (nSPS) is 19.0. The van der Waals surface area contributed by atoms with E-state index in [1.165, 1.54) is 0 Å². The van der Waals surface area contributed by atoms with E-state index < -0.39 is 63.8 Å². The van der Waals surface area contributed by atoms with Crippen LogP contribution in [0.4, 0.5) is 13.2 Å². The lowest BCUT2D eigenvalue weighted by atomic mass is 10.1. The molecule has 0 saturated carbocycles. The maximum absolute atomic E-state index is 13.8. The lowest BCUT2D eigenvalue weighted by Crippen LogP contribution is -2.38. The fourth-order valence-corrected chi connectivity index (χ4v) is 3.16. The second-order valence-electron chi connectivity index (χ2n) is 7.26. The third-order valence-corrected chi connectivity index (χ3v) is 4.91. The number of aromatic nitrogens is 1. The number of rotatable bonds is 4. The molecule has 2 amide bonds. The summed E-state index contributed by atoms with van der Waals surface area (Å²) in [6, 6.07) is 0.232.